The molecule has 1 N–H and O–H groups in total. The van der Waals surface area contributed by atoms with E-state index in [0.29, 0.717) is 12.4 Å². The van der Waals surface area contributed by atoms with Crippen LogP contribution in [0.4, 0.5) is 5.69 Å². The molecule has 0 bridgehead atoms. The summed E-state index contributed by atoms with van der Waals surface area (Å²) >= 11 is 0. The molecular formula is C10H9NO3. The summed E-state index contributed by atoms with van der Waals surface area (Å²) in [5.41, 5.74) is 0.343. The molecule has 14 heavy (non-hydrogen) atoms. The summed E-state index contributed by atoms with van der Waals surface area (Å²) in [6, 6.07) is 4.24. The van der Waals surface area contributed by atoms with Gasteiger partial charge in [0, 0.05) is 0 Å². The van der Waals surface area contributed by atoms with E-state index in [4.69, 9.17) is 16.4 Å². The Bertz CT molecular complexity index is 393. The van der Waals surface area contributed by atoms with Crippen molar-refractivity contribution in [3.8, 4) is 5.75 Å². The lowest BCUT2D eigenvalue weighted by molar-refractivity contribution is 0.0696. The van der Waals surface area contributed by atoms with Gasteiger partial charge in [0.25, 0.3) is 0 Å². The predicted molar refractivity (Wildman–Crippen MR) is 50.8 cm³/mol. The highest BCUT2D eigenvalue weighted by molar-refractivity contribution is 5.89. The molecule has 1 aromatic carbocycles. The van der Waals surface area contributed by atoms with Crippen LogP contribution >= 0.6 is 0 Å². The van der Waals surface area contributed by atoms with E-state index in [1.165, 1.54) is 18.2 Å². The van der Waals surface area contributed by atoms with Crippen LogP contribution in [0.2, 0.25) is 0 Å². The Balaban J connectivity index is 3.15. The van der Waals surface area contributed by atoms with Crippen LogP contribution in [0, 0.1) is 6.57 Å². The van der Waals surface area contributed by atoms with Gasteiger partial charge in [0.1, 0.15) is 5.75 Å². The van der Waals surface area contributed by atoms with Gasteiger partial charge in [-0.25, -0.2) is 9.64 Å². The Morgan fingerprint density at radius 1 is 1.57 bits per heavy atom. The number of carbonyl (C=O) groups is 1. The van der Waals surface area contributed by atoms with Crippen molar-refractivity contribution in [3.63, 3.8) is 0 Å². The van der Waals surface area contributed by atoms with Crippen molar-refractivity contribution >= 4 is 11.7 Å². The van der Waals surface area contributed by atoms with E-state index in [1.807, 2.05) is 0 Å². The molecule has 0 aromatic heterocycles. The number of nitrogens with zero attached hydrogens (tertiary/aromatic N) is 1. The molecule has 72 valence electrons. The van der Waals surface area contributed by atoms with Gasteiger partial charge in [-0.3, -0.25) is 0 Å². The molecule has 1 aromatic rings. The number of rotatable bonds is 3. The first-order valence-electron chi connectivity index (χ1n) is 4.06. The van der Waals surface area contributed by atoms with Gasteiger partial charge in [0.05, 0.1) is 18.7 Å². The standard InChI is InChI=1S/C10H9NO3/c1-3-14-9-5-7(10(12)13)4-8(6-9)11-2/h4-6H,3H2,1H3,(H,12,13). The maximum absolute atomic E-state index is 10.7. The smallest absolute Gasteiger partial charge is 0.334 e. The summed E-state index contributed by atoms with van der Waals surface area (Å²) in [6.07, 6.45) is 0. The first kappa shape index (κ1) is 10.1. The Kier molecular flexibility index (Phi) is 3.08. The Hall–Kier alpha value is -2.02. The SMILES string of the molecule is [C-]#[N+]c1cc(OCC)cc(C(=O)O)c1. The van der Waals surface area contributed by atoms with E-state index < -0.39 is 5.97 Å². The van der Waals surface area contributed by atoms with Crippen molar-refractivity contribution in [2.75, 3.05) is 6.61 Å². The molecule has 0 atom stereocenters. The molecular weight excluding hydrogens is 182 g/mol. The van der Waals surface area contributed by atoms with Crippen LogP contribution in [0.1, 0.15) is 17.3 Å². The molecule has 0 spiro atoms. The Labute approximate surface area is 81.6 Å². The number of carboxylic acid groups (broad SMARTS) is 1. The summed E-state index contributed by atoms with van der Waals surface area (Å²) in [4.78, 5) is 13.8. The Morgan fingerprint density at radius 3 is 2.79 bits per heavy atom. The van der Waals surface area contributed by atoms with Crippen molar-refractivity contribution in [2.45, 2.75) is 6.92 Å². The average molecular weight is 191 g/mol. The zero-order chi connectivity index (χ0) is 10.6. The van der Waals surface area contributed by atoms with E-state index in [9.17, 15) is 4.79 Å². The molecule has 0 aliphatic rings. The van der Waals surface area contributed by atoms with Crippen LogP contribution < -0.4 is 4.74 Å². The highest BCUT2D eigenvalue weighted by Gasteiger charge is 2.06. The van der Waals surface area contributed by atoms with Gasteiger partial charge in [0.15, 0.2) is 5.69 Å². The number of aromatic carboxylic acids is 1. The fourth-order valence-corrected chi connectivity index (χ4v) is 1.02. The topological polar surface area (TPSA) is 50.9 Å². The lowest BCUT2D eigenvalue weighted by atomic mass is 10.2. The normalized spacial score (nSPS) is 9.14. The molecule has 0 fully saturated rings. The van der Waals surface area contributed by atoms with Gasteiger partial charge >= 0.3 is 5.97 Å². The van der Waals surface area contributed by atoms with Crippen LogP contribution in [0.15, 0.2) is 18.2 Å². The monoisotopic (exact) mass is 191 g/mol. The molecule has 0 saturated heterocycles. The first-order chi connectivity index (χ1) is 6.67. The molecule has 0 heterocycles. The first-order valence-corrected chi connectivity index (χ1v) is 4.06. The Morgan fingerprint density at radius 2 is 2.29 bits per heavy atom. The third kappa shape index (κ3) is 2.23. The highest BCUT2D eigenvalue weighted by Crippen LogP contribution is 2.23. The quantitative estimate of drug-likeness (QED) is 0.746. The summed E-state index contributed by atoms with van der Waals surface area (Å²) in [5, 5.41) is 8.74. The van der Waals surface area contributed by atoms with Gasteiger partial charge in [-0.2, -0.15) is 0 Å². The maximum atomic E-state index is 10.7. The number of hydrogen-bond acceptors (Lipinski definition) is 2. The van der Waals surface area contributed by atoms with Crippen molar-refractivity contribution in [3.05, 3.63) is 35.2 Å². The second-order valence-corrected chi connectivity index (χ2v) is 2.57. The minimum Gasteiger partial charge on any atom is -0.495 e. The van der Waals surface area contributed by atoms with E-state index in [-0.39, 0.29) is 11.3 Å². The second-order valence-electron chi connectivity index (χ2n) is 2.57. The number of ether oxygens (including phenoxy) is 1. The van der Waals surface area contributed by atoms with Gasteiger partial charge in [-0.15, -0.1) is 0 Å². The summed E-state index contributed by atoms with van der Waals surface area (Å²) in [5.74, 6) is -0.644. The predicted octanol–water partition coefficient (Wildman–Crippen LogP) is 2.33. The zero-order valence-corrected chi connectivity index (χ0v) is 7.65. The number of carboxylic acids is 1. The molecule has 0 saturated carbocycles. The van der Waals surface area contributed by atoms with E-state index in [2.05, 4.69) is 4.85 Å². The van der Waals surface area contributed by atoms with Crippen molar-refractivity contribution in [2.24, 2.45) is 0 Å². The minimum atomic E-state index is -1.06. The summed E-state index contributed by atoms with van der Waals surface area (Å²) in [6.45, 7) is 9.03. The van der Waals surface area contributed by atoms with Crippen LogP contribution in [0.5, 0.6) is 5.75 Å². The molecule has 0 aliphatic carbocycles. The summed E-state index contributed by atoms with van der Waals surface area (Å²) in [7, 11) is 0. The fraction of sp³-hybridized carbons (Fsp3) is 0.200. The molecule has 4 heteroatoms. The largest absolute Gasteiger partial charge is 0.495 e. The van der Waals surface area contributed by atoms with Gasteiger partial charge in [0.2, 0.25) is 0 Å². The van der Waals surface area contributed by atoms with Crippen molar-refractivity contribution in [1.29, 1.82) is 0 Å². The average Bonchev–Trinajstić information content (AvgIpc) is 2.17. The van der Waals surface area contributed by atoms with Gasteiger partial charge < -0.3 is 9.84 Å². The lowest BCUT2D eigenvalue weighted by Crippen LogP contribution is -1.98. The number of hydrogen-bond donors (Lipinski definition) is 1. The molecule has 0 unspecified atom stereocenters. The van der Waals surface area contributed by atoms with Crippen LogP contribution in [-0.4, -0.2) is 17.7 Å². The van der Waals surface area contributed by atoms with Crippen molar-refractivity contribution in [1.82, 2.24) is 0 Å². The second kappa shape index (κ2) is 4.28. The zero-order valence-electron chi connectivity index (χ0n) is 7.65. The third-order valence-corrected chi connectivity index (χ3v) is 1.58. The molecule has 1 rings (SSSR count). The van der Waals surface area contributed by atoms with Crippen LogP contribution in [-0.2, 0) is 0 Å². The molecule has 0 amide bonds. The molecule has 0 radical (unpaired) electrons. The van der Waals surface area contributed by atoms with Gasteiger partial charge in [-0.05, 0) is 25.1 Å². The van der Waals surface area contributed by atoms with Crippen LogP contribution in [0.25, 0.3) is 4.85 Å². The fourth-order valence-electron chi connectivity index (χ4n) is 1.02. The number of benzene rings is 1. The lowest BCUT2D eigenvalue weighted by Gasteiger charge is -2.04. The maximum Gasteiger partial charge on any atom is 0.334 e. The summed E-state index contributed by atoms with van der Waals surface area (Å²) < 4.78 is 5.13. The third-order valence-electron chi connectivity index (χ3n) is 1.58. The molecule has 4 nitrogen and oxygen atoms in total. The molecule has 0 aliphatic heterocycles. The van der Waals surface area contributed by atoms with E-state index >= 15 is 0 Å². The highest BCUT2D eigenvalue weighted by atomic mass is 16.5. The van der Waals surface area contributed by atoms with Crippen molar-refractivity contribution < 1.29 is 14.6 Å². The van der Waals surface area contributed by atoms with E-state index in [1.54, 1.807) is 6.92 Å². The van der Waals surface area contributed by atoms with Crippen LogP contribution in [0.3, 0.4) is 0 Å². The van der Waals surface area contributed by atoms with Gasteiger partial charge in [-0.1, -0.05) is 0 Å². The minimum absolute atomic E-state index is 0.0713. The van der Waals surface area contributed by atoms with E-state index in [0.717, 1.165) is 0 Å².